The summed E-state index contributed by atoms with van der Waals surface area (Å²) in [6, 6.07) is 0. The van der Waals surface area contributed by atoms with Gasteiger partial charge in [-0.15, -0.1) is 0 Å². The predicted octanol–water partition coefficient (Wildman–Crippen LogP) is 7.00. The second kappa shape index (κ2) is 37.3. The number of allylic oxidation sites excluding steroid dienone is 8. The molecule has 72 heavy (non-hydrogen) atoms. The summed E-state index contributed by atoms with van der Waals surface area (Å²) in [5, 5.41) is 79.9. The Morgan fingerprint density at radius 2 is 1.40 bits per heavy atom. The van der Waals surface area contributed by atoms with Crippen molar-refractivity contribution in [3.8, 4) is 0 Å². The number of aliphatic hydroxyl groups excluding tert-OH is 7. The van der Waals surface area contributed by atoms with Crippen LogP contribution in [-0.2, 0) is 41.8 Å². The predicted molar refractivity (Wildman–Crippen MR) is 271 cm³/mol. The summed E-state index contributed by atoms with van der Waals surface area (Å²) in [6.45, 7) is 2.49. The van der Waals surface area contributed by atoms with Crippen molar-refractivity contribution in [2.45, 2.75) is 223 Å². The highest BCUT2D eigenvalue weighted by Crippen LogP contribution is 2.50. The summed E-state index contributed by atoms with van der Waals surface area (Å²) >= 11 is 0. The molecular formula is C51H88O19P2. The Morgan fingerprint density at radius 3 is 2.06 bits per heavy atom. The van der Waals surface area contributed by atoms with Crippen LogP contribution in [0.25, 0.3) is 0 Å². The van der Waals surface area contributed by atoms with Gasteiger partial charge in [0.2, 0.25) is 0 Å². The van der Waals surface area contributed by atoms with Crippen LogP contribution in [0.4, 0.5) is 0 Å². The molecule has 2 fully saturated rings. The fraction of sp³-hybridized carbons (Fsp3) is 0.765. The number of phosphoric acid groups is 2. The molecule has 0 aromatic carbocycles. The van der Waals surface area contributed by atoms with E-state index in [0.29, 0.717) is 32.1 Å². The van der Waals surface area contributed by atoms with Crippen LogP contribution in [0.3, 0.4) is 0 Å². The van der Waals surface area contributed by atoms with Crippen LogP contribution < -0.4 is 0 Å². The highest BCUT2D eigenvalue weighted by molar-refractivity contribution is 7.47. The van der Waals surface area contributed by atoms with Gasteiger partial charge in [-0.05, 0) is 64.2 Å². The molecule has 21 heteroatoms. The van der Waals surface area contributed by atoms with Crippen LogP contribution in [-0.4, -0.2) is 137 Å². The van der Waals surface area contributed by atoms with Crippen LogP contribution in [0, 0.1) is 11.8 Å². The molecule has 416 valence electrons. The third-order valence-corrected chi connectivity index (χ3v) is 14.2. The molecule has 0 amide bonds. The van der Waals surface area contributed by atoms with Gasteiger partial charge in [0.15, 0.2) is 6.10 Å². The SMILES string of the molecule is CC/C=C\C/C=C\C/C=C\C/C=C\CCCCCCCCC(=O)OC[C@@H]1COP(=O)(O)O[C@H]2[C@H](O)[C@@H](O)[C@H](O)[C@@H](CCCCCCC(=O)O1)[C@@H](O)C[C@@H](O)[C@H](C=C[C@@H](O)CCCCC)[C@@H](O)[C@H]2OP(=O)(O)O. The molecule has 1 aliphatic heterocycles. The molecule has 2 rings (SSSR count). The van der Waals surface area contributed by atoms with E-state index in [9.17, 15) is 69.1 Å². The van der Waals surface area contributed by atoms with Gasteiger partial charge in [0, 0.05) is 31.1 Å². The topological polar surface area (TPSA) is 317 Å². The monoisotopic (exact) mass is 1070 g/mol. The number of esters is 2. The minimum atomic E-state index is -5.76. The van der Waals surface area contributed by atoms with Crippen LogP contribution in [0.2, 0.25) is 0 Å². The highest BCUT2D eigenvalue weighted by atomic mass is 31.2. The van der Waals surface area contributed by atoms with Crippen LogP contribution in [0.5, 0.6) is 0 Å². The number of hydrogen-bond acceptors (Lipinski definition) is 16. The number of aliphatic hydroxyl groups is 7. The lowest BCUT2D eigenvalue weighted by Gasteiger charge is -2.39. The maximum Gasteiger partial charge on any atom is 0.472 e. The smallest absolute Gasteiger partial charge is 0.462 e. The summed E-state index contributed by atoms with van der Waals surface area (Å²) < 4.78 is 52.3. The van der Waals surface area contributed by atoms with E-state index >= 15 is 0 Å². The first kappa shape index (κ1) is 65.7. The largest absolute Gasteiger partial charge is 0.472 e. The summed E-state index contributed by atoms with van der Waals surface area (Å²) in [4.78, 5) is 56.8. The van der Waals surface area contributed by atoms with Crippen molar-refractivity contribution in [2.75, 3.05) is 13.2 Å². The zero-order valence-corrected chi connectivity index (χ0v) is 44.2. The average molecular weight is 1070 g/mol. The second-order valence-electron chi connectivity index (χ2n) is 18.8. The average Bonchev–Trinajstić information content (AvgIpc) is 3.32. The summed E-state index contributed by atoms with van der Waals surface area (Å²) in [5.74, 6) is -4.38. The Kier molecular flexibility index (Phi) is 34.1. The lowest BCUT2D eigenvalue weighted by molar-refractivity contribution is -0.166. The molecule has 1 saturated heterocycles. The van der Waals surface area contributed by atoms with Gasteiger partial charge in [-0.2, -0.15) is 0 Å². The van der Waals surface area contributed by atoms with Crippen molar-refractivity contribution in [1.82, 2.24) is 0 Å². The molecule has 1 aliphatic carbocycles. The first-order valence-corrected chi connectivity index (χ1v) is 29.1. The van der Waals surface area contributed by atoms with Crippen molar-refractivity contribution in [2.24, 2.45) is 11.8 Å². The maximum absolute atomic E-state index is 13.8. The molecule has 0 radical (unpaired) electrons. The third kappa shape index (κ3) is 28.5. The molecular weight excluding hydrogens is 978 g/mol. The molecule has 2 aliphatic rings. The summed E-state index contributed by atoms with van der Waals surface area (Å²) in [7, 11) is -11.4. The number of hydrogen-bond donors (Lipinski definition) is 10. The van der Waals surface area contributed by atoms with Gasteiger partial charge >= 0.3 is 27.6 Å². The number of ether oxygens (including phenoxy) is 2. The standard InChI is InChI=1S/C51H88O19P2/c1-3-5-7-8-9-10-11-12-13-14-15-16-17-18-19-20-21-22-27-31-44(55)66-36-39-37-67-72(64,65)70-51-49(60)48(59)46(57)40(30-26-23-24-28-32-45(56)68-39)42(53)35-43(54)41(34-33-38(52)29-25-6-4-2)47(58)50(51)69-71(61,62)63/h5,7,9-10,12-13,15-16,33-34,38-43,46-54,57-60H,3-4,6,8,11,14,17-32,35-37H2,1-2H3,(H,64,65)(H2,61,62,63)/b7-5-,10-9-,13-12-,16-15-,34-33?/t38-,39+,40-,41-,42-,43+,46+,47+,48-,49+,50+,51-/m0/s1. The maximum atomic E-state index is 13.8. The Hall–Kier alpha value is -2.42. The van der Waals surface area contributed by atoms with E-state index in [1.165, 1.54) is 6.08 Å². The molecule has 0 aromatic heterocycles. The van der Waals surface area contributed by atoms with Gasteiger partial charge < -0.3 is 59.9 Å². The van der Waals surface area contributed by atoms with Crippen LogP contribution >= 0.6 is 15.6 Å². The Bertz CT molecular complexity index is 1730. The second-order valence-corrected chi connectivity index (χ2v) is 21.4. The van der Waals surface area contributed by atoms with Crippen molar-refractivity contribution in [1.29, 1.82) is 0 Å². The fourth-order valence-corrected chi connectivity index (χ4v) is 10.1. The van der Waals surface area contributed by atoms with Crippen molar-refractivity contribution in [3.05, 3.63) is 60.8 Å². The van der Waals surface area contributed by atoms with E-state index in [0.717, 1.165) is 83.1 Å². The Balaban J connectivity index is 2.19. The first-order valence-electron chi connectivity index (χ1n) is 26.1. The molecule has 1 unspecified atom stereocenters. The van der Waals surface area contributed by atoms with Crippen LogP contribution in [0.1, 0.15) is 162 Å². The molecule has 10 N–H and O–H groups in total. The lowest BCUT2D eigenvalue weighted by Crippen LogP contribution is -2.56. The van der Waals surface area contributed by atoms with Crippen molar-refractivity contribution < 1.29 is 92.2 Å². The van der Waals surface area contributed by atoms with Crippen LogP contribution in [0.15, 0.2) is 60.8 Å². The normalized spacial score (nSPS) is 30.8. The van der Waals surface area contributed by atoms with E-state index in [1.807, 2.05) is 6.92 Å². The van der Waals surface area contributed by atoms with E-state index in [1.54, 1.807) is 0 Å². The first-order chi connectivity index (χ1) is 34.3. The van der Waals surface area contributed by atoms with Gasteiger partial charge in [0.1, 0.15) is 31.0 Å². The Morgan fingerprint density at radius 1 is 0.778 bits per heavy atom. The number of carbonyl (C=O) groups is 2. The van der Waals surface area contributed by atoms with Gasteiger partial charge in [0.25, 0.3) is 0 Å². The van der Waals surface area contributed by atoms with E-state index in [4.69, 9.17) is 23.0 Å². The van der Waals surface area contributed by atoms with E-state index in [2.05, 4.69) is 55.5 Å². The number of fused-ring (bicyclic) bond motifs is 4. The number of phosphoric ester groups is 2. The number of cyclic esters (lactones) is 1. The van der Waals surface area contributed by atoms with Gasteiger partial charge in [0.05, 0.1) is 37.1 Å². The zero-order valence-electron chi connectivity index (χ0n) is 42.4. The number of carbonyl (C=O) groups excluding carboxylic acids is 2. The Labute approximate surface area is 426 Å². The van der Waals surface area contributed by atoms with Gasteiger partial charge in [-0.1, -0.05) is 139 Å². The minimum absolute atomic E-state index is 0.0291. The molecule has 19 nitrogen and oxygen atoms in total. The van der Waals surface area contributed by atoms with E-state index in [-0.39, 0.29) is 32.1 Å². The van der Waals surface area contributed by atoms with Crippen molar-refractivity contribution >= 4 is 27.6 Å². The minimum Gasteiger partial charge on any atom is -0.462 e. The highest BCUT2D eigenvalue weighted by Gasteiger charge is 2.51. The van der Waals surface area contributed by atoms with E-state index < -0.39 is 120 Å². The molecule has 2 bridgehead atoms. The fourth-order valence-electron chi connectivity index (χ4n) is 8.58. The molecule has 13 atom stereocenters. The third-order valence-electron chi connectivity index (χ3n) is 12.7. The number of unbranched alkanes of at least 4 members (excludes halogenated alkanes) is 8. The summed E-state index contributed by atoms with van der Waals surface area (Å²) in [6.07, 6.45) is 12.3. The quantitative estimate of drug-likeness (QED) is 0.0180. The molecule has 1 heterocycles. The van der Waals surface area contributed by atoms with Crippen molar-refractivity contribution in [3.63, 3.8) is 0 Å². The molecule has 0 aromatic rings. The number of rotatable bonds is 26. The lowest BCUT2D eigenvalue weighted by atomic mass is 9.82. The zero-order chi connectivity index (χ0) is 53.4. The molecule has 0 spiro atoms. The summed E-state index contributed by atoms with van der Waals surface area (Å²) in [5.41, 5.74) is 0. The molecule has 1 saturated carbocycles. The van der Waals surface area contributed by atoms with Gasteiger partial charge in [-0.25, -0.2) is 9.13 Å². The van der Waals surface area contributed by atoms with Gasteiger partial charge in [-0.3, -0.25) is 23.2 Å².